The Morgan fingerprint density at radius 3 is 2.75 bits per heavy atom. The first-order chi connectivity index (χ1) is 17.4. The number of hydrogen-bond acceptors (Lipinski definition) is 6. The largest absolute Gasteiger partial charge is 0.493 e. The molecule has 0 unspecified atom stereocenters. The van der Waals surface area contributed by atoms with Crippen molar-refractivity contribution in [2.75, 3.05) is 33.4 Å². The molecular weight excluding hydrogens is 478 g/mol. The Bertz CT molecular complexity index is 1110. The first kappa shape index (κ1) is 26.3. The smallest absolute Gasteiger partial charge is 0.161 e. The fourth-order valence-electron chi connectivity index (χ4n) is 4.51. The van der Waals surface area contributed by atoms with Gasteiger partial charge in [0.25, 0.3) is 0 Å². The molecule has 7 nitrogen and oxygen atoms in total. The fourth-order valence-corrected chi connectivity index (χ4v) is 4.68. The summed E-state index contributed by atoms with van der Waals surface area (Å²) in [7, 11) is 1.67. The maximum absolute atomic E-state index is 11.2. The van der Waals surface area contributed by atoms with Crippen LogP contribution < -0.4 is 14.2 Å². The Kier molecular flexibility index (Phi) is 9.13. The second-order valence-corrected chi connectivity index (χ2v) is 9.97. The summed E-state index contributed by atoms with van der Waals surface area (Å²) in [6.45, 7) is 6.21. The predicted octanol–water partition coefficient (Wildman–Crippen LogP) is 5.12. The number of aryl methyl sites for hydroxylation is 2. The first-order valence-electron chi connectivity index (χ1n) is 12.5. The van der Waals surface area contributed by atoms with Gasteiger partial charge in [0, 0.05) is 32.0 Å². The van der Waals surface area contributed by atoms with Crippen LogP contribution in [0.1, 0.15) is 36.8 Å². The Morgan fingerprint density at radius 2 is 1.94 bits per heavy atom. The molecule has 194 valence electrons. The normalized spacial score (nSPS) is 18.6. The molecular formula is C28H36ClN3O4. The van der Waals surface area contributed by atoms with Gasteiger partial charge in [0.05, 0.1) is 30.7 Å². The average Bonchev–Trinajstić information content (AvgIpc) is 3.33. The number of aromatic nitrogens is 2. The number of rotatable bonds is 11. The Morgan fingerprint density at radius 1 is 1.06 bits per heavy atom. The fraction of sp³-hybridized carbons (Fsp3) is 0.464. The number of methoxy groups -OCH3 is 1. The first-order valence-corrected chi connectivity index (χ1v) is 12.9. The lowest BCUT2D eigenvalue weighted by Gasteiger charge is -2.27. The molecule has 3 aromatic rings. The van der Waals surface area contributed by atoms with Crippen LogP contribution in [-0.2, 0) is 13.1 Å². The number of nitrogens with zero attached hydrogens (tertiary/aromatic N) is 3. The summed E-state index contributed by atoms with van der Waals surface area (Å²) >= 11 is 6.26. The Hall–Kier alpha value is -2.74. The minimum absolute atomic E-state index is 0.241. The third-order valence-corrected chi connectivity index (χ3v) is 6.92. The molecule has 1 fully saturated rings. The van der Waals surface area contributed by atoms with Crippen LogP contribution in [0.25, 0.3) is 0 Å². The van der Waals surface area contributed by atoms with E-state index >= 15 is 0 Å². The van der Waals surface area contributed by atoms with Crippen molar-refractivity contribution in [2.45, 2.75) is 51.3 Å². The van der Waals surface area contributed by atoms with Crippen molar-refractivity contribution < 1.29 is 19.3 Å². The number of benzene rings is 2. The zero-order valence-corrected chi connectivity index (χ0v) is 21.9. The van der Waals surface area contributed by atoms with Crippen LogP contribution in [0.4, 0.5) is 0 Å². The van der Waals surface area contributed by atoms with Crippen molar-refractivity contribution in [2.24, 2.45) is 0 Å². The lowest BCUT2D eigenvalue weighted by Crippen LogP contribution is -2.37. The van der Waals surface area contributed by atoms with E-state index in [9.17, 15) is 5.11 Å². The van der Waals surface area contributed by atoms with Crippen molar-refractivity contribution in [3.63, 3.8) is 0 Å². The van der Waals surface area contributed by atoms with E-state index in [4.69, 9.17) is 25.8 Å². The van der Waals surface area contributed by atoms with Gasteiger partial charge in [-0.25, -0.2) is 4.98 Å². The summed E-state index contributed by atoms with van der Waals surface area (Å²) in [5.41, 5.74) is 1.37. The van der Waals surface area contributed by atoms with E-state index in [0.717, 1.165) is 61.6 Å². The number of imidazole rings is 1. The molecule has 2 aromatic carbocycles. The molecule has 8 heteroatoms. The maximum Gasteiger partial charge on any atom is 0.161 e. The van der Waals surface area contributed by atoms with E-state index in [1.807, 2.05) is 54.3 Å². The Labute approximate surface area is 218 Å². The highest BCUT2D eigenvalue weighted by molar-refractivity contribution is 6.32. The molecule has 0 amide bonds. The lowest BCUT2D eigenvalue weighted by molar-refractivity contribution is -0.0168. The molecule has 0 radical (unpaired) electrons. The molecule has 4 rings (SSSR count). The maximum atomic E-state index is 11.2. The summed E-state index contributed by atoms with van der Waals surface area (Å²) in [6, 6.07) is 11.8. The lowest BCUT2D eigenvalue weighted by atomic mass is 9.96. The highest BCUT2D eigenvalue weighted by Gasteiger charge is 2.31. The second kappa shape index (κ2) is 12.5. The van der Waals surface area contributed by atoms with E-state index in [1.54, 1.807) is 13.3 Å². The monoisotopic (exact) mass is 513 g/mol. The van der Waals surface area contributed by atoms with Gasteiger partial charge in [0.1, 0.15) is 12.4 Å². The van der Waals surface area contributed by atoms with Gasteiger partial charge >= 0.3 is 0 Å². The second-order valence-electron chi connectivity index (χ2n) is 9.56. The van der Waals surface area contributed by atoms with Crippen molar-refractivity contribution in [1.29, 1.82) is 0 Å². The van der Waals surface area contributed by atoms with Crippen LogP contribution >= 0.6 is 11.6 Å². The van der Waals surface area contributed by atoms with E-state index < -0.39 is 5.60 Å². The van der Waals surface area contributed by atoms with Gasteiger partial charge in [-0.3, -0.25) is 4.90 Å². The van der Waals surface area contributed by atoms with Crippen LogP contribution in [0.5, 0.6) is 17.2 Å². The third-order valence-electron chi connectivity index (χ3n) is 6.60. The van der Waals surface area contributed by atoms with Gasteiger partial charge in [-0.05, 0) is 74.5 Å². The zero-order valence-electron chi connectivity index (χ0n) is 21.2. The van der Waals surface area contributed by atoms with E-state index in [-0.39, 0.29) is 6.61 Å². The minimum atomic E-state index is -0.867. The van der Waals surface area contributed by atoms with E-state index in [1.165, 1.54) is 0 Å². The van der Waals surface area contributed by atoms with Crippen molar-refractivity contribution in [1.82, 2.24) is 14.5 Å². The highest BCUT2D eigenvalue weighted by atomic mass is 35.5. The van der Waals surface area contributed by atoms with Crippen LogP contribution in [0, 0.1) is 6.92 Å². The predicted molar refractivity (Wildman–Crippen MR) is 141 cm³/mol. The molecule has 0 spiro atoms. The molecule has 1 aliphatic rings. The molecule has 1 aromatic heterocycles. The van der Waals surface area contributed by atoms with Crippen LogP contribution in [0.2, 0.25) is 5.02 Å². The molecule has 0 aliphatic carbocycles. The molecule has 1 N–H and O–H groups in total. The van der Waals surface area contributed by atoms with Gasteiger partial charge in [-0.1, -0.05) is 23.7 Å². The summed E-state index contributed by atoms with van der Waals surface area (Å²) in [6.07, 6.45) is 8.67. The zero-order chi connectivity index (χ0) is 25.4. The number of aliphatic hydroxyl groups is 1. The SMILES string of the molecule is COc1cc(CN2CCC[C@](O)(COc3cc(C)ccc3Cl)CC2)ccc1OCCCn1ccnc1. The summed E-state index contributed by atoms with van der Waals surface area (Å²) < 4.78 is 19.5. The summed E-state index contributed by atoms with van der Waals surface area (Å²) in [5, 5.41) is 11.8. The van der Waals surface area contributed by atoms with Crippen LogP contribution in [-0.4, -0.2) is 58.6 Å². The topological polar surface area (TPSA) is 69.0 Å². The Balaban J connectivity index is 1.27. The molecule has 1 atom stereocenters. The summed E-state index contributed by atoms with van der Waals surface area (Å²) in [5.74, 6) is 2.12. The number of halogens is 1. The van der Waals surface area contributed by atoms with Crippen molar-refractivity contribution in [3.8, 4) is 17.2 Å². The minimum Gasteiger partial charge on any atom is -0.493 e. The van der Waals surface area contributed by atoms with Crippen molar-refractivity contribution >= 4 is 11.6 Å². The highest BCUT2D eigenvalue weighted by Crippen LogP contribution is 2.31. The standard InChI is InChI=1S/C28H36ClN3O4/c1-22-5-7-24(29)26(17-22)36-20-28(33)9-3-12-31(14-10-28)19-23-6-8-25(27(18-23)34-2)35-16-4-13-32-15-11-30-21-32/h5-8,11,15,17-18,21,33H,3-4,9-10,12-14,16,19-20H2,1-2H3/t28-/m1/s1. The molecule has 1 saturated heterocycles. The van der Waals surface area contributed by atoms with Gasteiger partial charge in [0.2, 0.25) is 0 Å². The molecule has 2 heterocycles. The number of ether oxygens (including phenoxy) is 3. The average molecular weight is 514 g/mol. The number of likely N-dealkylation sites (tertiary alicyclic amines) is 1. The quantitative estimate of drug-likeness (QED) is 0.359. The van der Waals surface area contributed by atoms with Gasteiger partial charge < -0.3 is 23.9 Å². The van der Waals surface area contributed by atoms with Crippen LogP contribution in [0.3, 0.4) is 0 Å². The van der Waals surface area contributed by atoms with Gasteiger partial charge in [-0.15, -0.1) is 0 Å². The van der Waals surface area contributed by atoms with E-state index in [2.05, 4.69) is 16.0 Å². The molecule has 0 saturated carbocycles. The molecule has 0 bridgehead atoms. The van der Waals surface area contributed by atoms with Gasteiger partial charge in [-0.2, -0.15) is 0 Å². The molecule has 36 heavy (non-hydrogen) atoms. The molecule has 1 aliphatic heterocycles. The van der Waals surface area contributed by atoms with E-state index in [0.29, 0.717) is 30.2 Å². The van der Waals surface area contributed by atoms with Crippen molar-refractivity contribution in [3.05, 3.63) is 71.3 Å². The van der Waals surface area contributed by atoms with Crippen LogP contribution in [0.15, 0.2) is 55.1 Å². The van der Waals surface area contributed by atoms with Gasteiger partial charge in [0.15, 0.2) is 11.5 Å². The third kappa shape index (κ3) is 7.38. The number of hydrogen-bond donors (Lipinski definition) is 1. The summed E-state index contributed by atoms with van der Waals surface area (Å²) in [4.78, 5) is 6.43.